The molecule has 5 nitrogen and oxygen atoms in total. The number of nitrogens with one attached hydrogen (secondary N) is 1. The normalized spacial score (nSPS) is 18.1. The van der Waals surface area contributed by atoms with Gasteiger partial charge in [-0.05, 0) is 45.6 Å². The van der Waals surface area contributed by atoms with Crippen molar-refractivity contribution in [1.82, 2.24) is 20.1 Å². The van der Waals surface area contributed by atoms with Crippen molar-refractivity contribution in [3.8, 4) is 0 Å². The van der Waals surface area contributed by atoms with Gasteiger partial charge in [0.05, 0.1) is 6.10 Å². The average Bonchev–Trinajstić information content (AvgIpc) is 3.20. The SMILES string of the molecule is CCCNC(Cc1ncnn1CC)C(OCC)C1CC1. The predicted molar refractivity (Wildman–Crippen MR) is 79.6 cm³/mol. The van der Waals surface area contributed by atoms with Crippen LogP contribution < -0.4 is 5.32 Å². The zero-order valence-corrected chi connectivity index (χ0v) is 13.0. The van der Waals surface area contributed by atoms with Gasteiger partial charge in [0.1, 0.15) is 12.2 Å². The van der Waals surface area contributed by atoms with Gasteiger partial charge < -0.3 is 10.1 Å². The summed E-state index contributed by atoms with van der Waals surface area (Å²) in [7, 11) is 0. The Morgan fingerprint density at radius 2 is 2.20 bits per heavy atom. The number of aromatic nitrogens is 3. The first kappa shape index (κ1) is 15.4. The fourth-order valence-corrected chi connectivity index (χ4v) is 2.74. The molecule has 0 radical (unpaired) electrons. The molecule has 1 aliphatic rings. The number of nitrogens with zero attached hydrogens (tertiary/aromatic N) is 3. The summed E-state index contributed by atoms with van der Waals surface area (Å²) >= 11 is 0. The van der Waals surface area contributed by atoms with Crippen molar-refractivity contribution in [3.63, 3.8) is 0 Å². The summed E-state index contributed by atoms with van der Waals surface area (Å²) in [6, 6.07) is 0.344. The third-order valence-electron chi connectivity index (χ3n) is 3.90. The summed E-state index contributed by atoms with van der Waals surface area (Å²) in [4.78, 5) is 4.41. The van der Waals surface area contributed by atoms with Crippen LogP contribution in [0.15, 0.2) is 6.33 Å². The Balaban J connectivity index is 2.05. The Hall–Kier alpha value is -0.940. The summed E-state index contributed by atoms with van der Waals surface area (Å²) in [5, 5.41) is 7.93. The lowest BCUT2D eigenvalue weighted by Crippen LogP contribution is -2.45. The zero-order chi connectivity index (χ0) is 14.4. The van der Waals surface area contributed by atoms with Crippen LogP contribution >= 0.6 is 0 Å². The third-order valence-corrected chi connectivity index (χ3v) is 3.90. The van der Waals surface area contributed by atoms with Crippen LogP contribution in [0.5, 0.6) is 0 Å². The Morgan fingerprint density at radius 1 is 1.40 bits per heavy atom. The summed E-state index contributed by atoms with van der Waals surface area (Å²) in [6.45, 7) is 9.07. The van der Waals surface area contributed by atoms with E-state index in [9.17, 15) is 0 Å². The van der Waals surface area contributed by atoms with E-state index in [0.29, 0.717) is 12.1 Å². The Labute approximate surface area is 122 Å². The molecule has 0 aliphatic heterocycles. The maximum absolute atomic E-state index is 6.03. The molecule has 1 aromatic rings. The second kappa shape index (κ2) is 7.74. The Morgan fingerprint density at radius 3 is 2.80 bits per heavy atom. The number of hydrogen-bond donors (Lipinski definition) is 1. The maximum atomic E-state index is 6.03. The smallest absolute Gasteiger partial charge is 0.138 e. The molecule has 0 spiro atoms. The molecule has 1 fully saturated rings. The van der Waals surface area contributed by atoms with Crippen LogP contribution in [0, 0.1) is 5.92 Å². The fraction of sp³-hybridized carbons (Fsp3) is 0.867. The minimum Gasteiger partial charge on any atom is -0.377 e. The molecule has 1 saturated carbocycles. The van der Waals surface area contributed by atoms with Crippen molar-refractivity contribution >= 4 is 0 Å². The molecular formula is C15H28N4O. The predicted octanol–water partition coefficient (Wildman–Crippen LogP) is 2.02. The quantitative estimate of drug-likeness (QED) is 0.712. The average molecular weight is 280 g/mol. The standard InChI is InChI=1S/C15H28N4O/c1-4-9-16-13(15(20-6-3)12-7-8-12)10-14-17-11-18-19(14)5-2/h11-13,15-16H,4-10H2,1-3H3. The van der Waals surface area contributed by atoms with E-state index >= 15 is 0 Å². The van der Waals surface area contributed by atoms with E-state index in [1.54, 1.807) is 6.33 Å². The minimum atomic E-state index is 0.313. The van der Waals surface area contributed by atoms with Crippen LogP contribution in [0.2, 0.25) is 0 Å². The number of aryl methyl sites for hydroxylation is 1. The second-order valence-electron chi connectivity index (χ2n) is 5.51. The fourth-order valence-electron chi connectivity index (χ4n) is 2.74. The molecule has 114 valence electrons. The molecule has 2 unspecified atom stereocenters. The first-order valence-electron chi connectivity index (χ1n) is 8.01. The molecule has 0 amide bonds. The molecule has 0 bridgehead atoms. The molecule has 1 aliphatic carbocycles. The van der Waals surface area contributed by atoms with Gasteiger partial charge in [-0.3, -0.25) is 4.68 Å². The van der Waals surface area contributed by atoms with E-state index in [1.165, 1.54) is 12.8 Å². The first-order valence-corrected chi connectivity index (χ1v) is 8.01. The lowest BCUT2D eigenvalue weighted by molar-refractivity contribution is 0.0185. The van der Waals surface area contributed by atoms with Crippen LogP contribution in [0.4, 0.5) is 0 Å². The van der Waals surface area contributed by atoms with E-state index in [4.69, 9.17) is 4.74 Å². The van der Waals surface area contributed by atoms with Gasteiger partial charge in [-0.15, -0.1) is 0 Å². The van der Waals surface area contributed by atoms with Crippen LogP contribution in [0.3, 0.4) is 0 Å². The third kappa shape index (κ3) is 4.03. The van der Waals surface area contributed by atoms with Gasteiger partial charge in [-0.1, -0.05) is 6.92 Å². The van der Waals surface area contributed by atoms with Crippen molar-refractivity contribution < 1.29 is 4.74 Å². The van der Waals surface area contributed by atoms with E-state index in [1.807, 2.05) is 4.68 Å². The van der Waals surface area contributed by atoms with Gasteiger partial charge in [0.15, 0.2) is 0 Å². The molecular weight excluding hydrogens is 252 g/mol. The highest BCUT2D eigenvalue weighted by Gasteiger charge is 2.37. The van der Waals surface area contributed by atoms with Gasteiger partial charge in [-0.25, -0.2) is 4.98 Å². The van der Waals surface area contributed by atoms with Gasteiger partial charge >= 0.3 is 0 Å². The van der Waals surface area contributed by atoms with Crippen molar-refractivity contribution in [2.45, 2.75) is 65.1 Å². The molecule has 0 aromatic carbocycles. The van der Waals surface area contributed by atoms with E-state index in [2.05, 4.69) is 36.2 Å². The molecule has 1 N–H and O–H groups in total. The maximum Gasteiger partial charge on any atom is 0.138 e. The molecule has 1 heterocycles. The summed E-state index contributed by atoms with van der Waals surface area (Å²) in [6.07, 6.45) is 6.61. The van der Waals surface area contributed by atoms with Gasteiger partial charge in [0, 0.05) is 25.6 Å². The lowest BCUT2D eigenvalue weighted by atomic mass is 10.0. The summed E-state index contributed by atoms with van der Waals surface area (Å²) in [5.41, 5.74) is 0. The van der Waals surface area contributed by atoms with Gasteiger partial charge in [0.25, 0.3) is 0 Å². The van der Waals surface area contributed by atoms with Crippen LogP contribution in [0.1, 0.15) is 45.9 Å². The topological polar surface area (TPSA) is 52.0 Å². The Bertz CT molecular complexity index is 389. The van der Waals surface area contributed by atoms with Crippen LogP contribution in [-0.4, -0.2) is 40.1 Å². The highest BCUT2D eigenvalue weighted by Crippen LogP contribution is 2.36. The Kier molecular flexibility index (Phi) is 5.98. The van der Waals surface area contributed by atoms with Gasteiger partial charge in [0.2, 0.25) is 0 Å². The van der Waals surface area contributed by atoms with E-state index in [-0.39, 0.29) is 0 Å². The van der Waals surface area contributed by atoms with Crippen molar-refractivity contribution in [1.29, 1.82) is 0 Å². The van der Waals surface area contributed by atoms with Crippen LogP contribution in [0.25, 0.3) is 0 Å². The molecule has 2 atom stereocenters. The summed E-state index contributed by atoms with van der Waals surface area (Å²) < 4.78 is 8.01. The largest absolute Gasteiger partial charge is 0.377 e. The summed E-state index contributed by atoms with van der Waals surface area (Å²) in [5.74, 6) is 1.79. The number of hydrogen-bond acceptors (Lipinski definition) is 4. The number of ether oxygens (including phenoxy) is 1. The van der Waals surface area contributed by atoms with Gasteiger partial charge in [-0.2, -0.15) is 5.10 Å². The minimum absolute atomic E-state index is 0.313. The zero-order valence-electron chi connectivity index (χ0n) is 13.0. The van der Waals surface area contributed by atoms with Crippen LogP contribution in [-0.2, 0) is 17.7 Å². The monoisotopic (exact) mass is 280 g/mol. The lowest BCUT2D eigenvalue weighted by Gasteiger charge is -2.28. The van der Waals surface area contributed by atoms with E-state index < -0.39 is 0 Å². The highest BCUT2D eigenvalue weighted by molar-refractivity contribution is 4.97. The van der Waals surface area contributed by atoms with Crippen molar-refractivity contribution in [2.24, 2.45) is 5.92 Å². The molecule has 1 aromatic heterocycles. The highest BCUT2D eigenvalue weighted by atomic mass is 16.5. The number of rotatable bonds is 10. The first-order chi connectivity index (χ1) is 9.80. The molecule has 2 rings (SSSR count). The van der Waals surface area contributed by atoms with Crippen molar-refractivity contribution in [3.05, 3.63) is 12.2 Å². The molecule has 20 heavy (non-hydrogen) atoms. The molecule has 0 saturated heterocycles. The molecule has 5 heteroatoms. The van der Waals surface area contributed by atoms with E-state index in [0.717, 1.165) is 44.3 Å². The van der Waals surface area contributed by atoms with Crippen molar-refractivity contribution in [2.75, 3.05) is 13.2 Å². The second-order valence-corrected chi connectivity index (χ2v) is 5.51.